The van der Waals surface area contributed by atoms with E-state index in [4.69, 9.17) is 5.73 Å². The molecule has 17 heavy (non-hydrogen) atoms. The Morgan fingerprint density at radius 3 is 2.82 bits per heavy atom. The molecule has 0 spiro atoms. The lowest BCUT2D eigenvalue weighted by Crippen LogP contribution is -2.00. The van der Waals surface area contributed by atoms with Crippen molar-refractivity contribution >= 4 is 33.1 Å². The van der Waals surface area contributed by atoms with Crippen molar-refractivity contribution in [1.82, 2.24) is 4.98 Å². The van der Waals surface area contributed by atoms with Crippen LogP contribution < -0.4 is 11.1 Å². The van der Waals surface area contributed by atoms with E-state index < -0.39 is 0 Å². The first kappa shape index (κ1) is 11.9. The van der Waals surface area contributed by atoms with Gasteiger partial charge in [-0.2, -0.15) is 0 Å². The molecule has 0 amide bonds. The number of halogens is 2. The summed E-state index contributed by atoms with van der Waals surface area (Å²) >= 11 is 3.26. The number of hydrogen-bond donors (Lipinski definition) is 2. The number of aromatic nitrogens is 1. The maximum absolute atomic E-state index is 13.5. The van der Waals surface area contributed by atoms with Gasteiger partial charge >= 0.3 is 0 Å². The number of hydrogen-bond acceptors (Lipinski definition) is 3. The normalized spacial score (nSPS) is 10.3. The summed E-state index contributed by atoms with van der Waals surface area (Å²) in [6, 6.07) is 6.53. The summed E-state index contributed by atoms with van der Waals surface area (Å²) in [7, 11) is 0. The first-order valence-electron chi connectivity index (χ1n) is 5.00. The van der Waals surface area contributed by atoms with Crippen LogP contribution in [0, 0.1) is 12.7 Å². The van der Waals surface area contributed by atoms with Gasteiger partial charge in [-0.25, -0.2) is 9.37 Å². The third-order valence-electron chi connectivity index (χ3n) is 2.26. The van der Waals surface area contributed by atoms with Gasteiger partial charge in [0.05, 0.1) is 11.4 Å². The van der Waals surface area contributed by atoms with Gasteiger partial charge in [0, 0.05) is 10.7 Å². The number of aryl methyl sites for hydroxylation is 1. The predicted molar refractivity (Wildman–Crippen MR) is 70.8 cm³/mol. The molecular formula is C12H11BrFN3. The molecule has 0 aliphatic rings. The smallest absolute Gasteiger partial charge is 0.153 e. The van der Waals surface area contributed by atoms with Crippen LogP contribution in [0.15, 0.2) is 34.9 Å². The molecule has 1 aromatic carbocycles. The molecule has 0 saturated heterocycles. The maximum atomic E-state index is 13.5. The largest absolute Gasteiger partial charge is 0.396 e. The molecule has 2 rings (SSSR count). The summed E-state index contributed by atoms with van der Waals surface area (Å²) in [5.41, 5.74) is 7.57. The highest BCUT2D eigenvalue weighted by molar-refractivity contribution is 9.10. The van der Waals surface area contributed by atoms with Crippen molar-refractivity contribution in [2.45, 2.75) is 6.92 Å². The van der Waals surface area contributed by atoms with E-state index in [-0.39, 0.29) is 5.82 Å². The molecule has 0 saturated carbocycles. The third kappa shape index (κ3) is 2.74. The monoisotopic (exact) mass is 295 g/mol. The fourth-order valence-electron chi connectivity index (χ4n) is 1.42. The minimum Gasteiger partial charge on any atom is -0.396 e. The van der Waals surface area contributed by atoms with E-state index >= 15 is 0 Å². The van der Waals surface area contributed by atoms with E-state index in [2.05, 4.69) is 26.2 Å². The van der Waals surface area contributed by atoms with Crippen molar-refractivity contribution in [3.8, 4) is 0 Å². The molecule has 0 aliphatic carbocycles. The van der Waals surface area contributed by atoms with Crippen LogP contribution in [0.25, 0.3) is 0 Å². The topological polar surface area (TPSA) is 50.9 Å². The van der Waals surface area contributed by atoms with Crippen LogP contribution in [-0.4, -0.2) is 4.98 Å². The summed E-state index contributed by atoms with van der Waals surface area (Å²) in [5.74, 6) is 0.109. The second kappa shape index (κ2) is 4.71. The van der Waals surface area contributed by atoms with E-state index in [1.165, 1.54) is 6.07 Å². The van der Waals surface area contributed by atoms with Gasteiger partial charge in [-0.3, -0.25) is 0 Å². The summed E-state index contributed by atoms with van der Waals surface area (Å²) in [5, 5.41) is 2.88. The van der Waals surface area contributed by atoms with Crippen molar-refractivity contribution in [2.75, 3.05) is 11.1 Å². The summed E-state index contributed by atoms with van der Waals surface area (Å²) < 4.78 is 14.3. The van der Waals surface area contributed by atoms with Crippen LogP contribution in [0.5, 0.6) is 0 Å². The lowest BCUT2D eigenvalue weighted by atomic mass is 10.2. The molecular weight excluding hydrogens is 285 g/mol. The van der Waals surface area contributed by atoms with Gasteiger partial charge < -0.3 is 11.1 Å². The minimum atomic E-state index is -0.334. The standard InChI is InChI=1S/C12H11BrFN3/c1-7-2-3-9(14)11(4-7)17-12-10(15)5-8(13)6-16-12/h2-6H,15H2,1H3,(H,16,17). The second-order valence-corrected chi connectivity index (χ2v) is 4.62. The molecule has 3 N–H and O–H groups in total. The number of nitrogens with one attached hydrogen (secondary N) is 1. The van der Waals surface area contributed by atoms with Crippen LogP contribution in [0.2, 0.25) is 0 Å². The Hall–Kier alpha value is -1.62. The molecule has 5 heteroatoms. The first-order valence-corrected chi connectivity index (χ1v) is 5.80. The fourth-order valence-corrected chi connectivity index (χ4v) is 1.77. The van der Waals surface area contributed by atoms with Gasteiger partial charge in [-0.05, 0) is 46.6 Å². The van der Waals surface area contributed by atoms with Crippen LogP contribution in [-0.2, 0) is 0 Å². The average Bonchev–Trinajstić information content (AvgIpc) is 2.27. The molecule has 0 fully saturated rings. The zero-order chi connectivity index (χ0) is 12.4. The van der Waals surface area contributed by atoms with Crippen LogP contribution in [0.1, 0.15) is 5.56 Å². The Bertz CT molecular complexity index is 557. The molecule has 0 unspecified atom stereocenters. The minimum absolute atomic E-state index is 0.334. The zero-order valence-electron chi connectivity index (χ0n) is 9.17. The molecule has 0 atom stereocenters. The highest BCUT2D eigenvalue weighted by Gasteiger charge is 2.06. The molecule has 0 bridgehead atoms. The van der Waals surface area contributed by atoms with Gasteiger partial charge in [0.25, 0.3) is 0 Å². The lowest BCUT2D eigenvalue weighted by molar-refractivity contribution is 0.631. The van der Waals surface area contributed by atoms with Crippen LogP contribution in [0.3, 0.4) is 0 Å². The van der Waals surface area contributed by atoms with E-state index in [1.807, 2.05) is 6.92 Å². The molecule has 1 aromatic heterocycles. The summed E-state index contributed by atoms with van der Waals surface area (Å²) in [6.45, 7) is 1.89. The molecule has 0 radical (unpaired) electrons. The van der Waals surface area contributed by atoms with Crippen LogP contribution in [0.4, 0.5) is 21.6 Å². The Morgan fingerprint density at radius 2 is 2.12 bits per heavy atom. The molecule has 88 valence electrons. The number of pyridine rings is 1. The van der Waals surface area contributed by atoms with E-state index in [9.17, 15) is 4.39 Å². The highest BCUT2D eigenvalue weighted by atomic mass is 79.9. The maximum Gasteiger partial charge on any atom is 0.153 e. The van der Waals surface area contributed by atoms with Crippen molar-refractivity contribution in [3.05, 3.63) is 46.3 Å². The summed E-state index contributed by atoms with van der Waals surface area (Å²) in [6.07, 6.45) is 1.60. The van der Waals surface area contributed by atoms with E-state index in [0.717, 1.165) is 10.0 Å². The van der Waals surface area contributed by atoms with Gasteiger partial charge in [0.15, 0.2) is 5.82 Å². The molecule has 3 nitrogen and oxygen atoms in total. The lowest BCUT2D eigenvalue weighted by Gasteiger charge is -2.09. The predicted octanol–water partition coefficient (Wildman–Crippen LogP) is 3.62. The Kier molecular flexibility index (Phi) is 3.28. The number of nitrogens with zero attached hydrogens (tertiary/aromatic N) is 1. The van der Waals surface area contributed by atoms with Gasteiger partial charge in [0.2, 0.25) is 0 Å². The Labute approximate surface area is 107 Å². The number of anilines is 3. The average molecular weight is 296 g/mol. The third-order valence-corrected chi connectivity index (χ3v) is 2.69. The highest BCUT2D eigenvalue weighted by Crippen LogP contribution is 2.25. The summed E-state index contributed by atoms with van der Waals surface area (Å²) in [4.78, 5) is 4.09. The van der Waals surface area contributed by atoms with Crippen molar-refractivity contribution in [2.24, 2.45) is 0 Å². The SMILES string of the molecule is Cc1ccc(F)c(Nc2ncc(Br)cc2N)c1. The zero-order valence-corrected chi connectivity index (χ0v) is 10.8. The van der Waals surface area contributed by atoms with Gasteiger partial charge in [-0.15, -0.1) is 0 Å². The number of nitrogen functional groups attached to an aromatic ring is 1. The molecule has 1 heterocycles. The Morgan fingerprint density at radius 1 is 1.35 bits per heavy atom. The molecule has 2 aromatic rings. The first-order chi connectivity index (χ1) is 8.06. The number of nitrogens with two attached hydrogens (primary N) is 1. The van der Waals surface area contributed by atoms with Crippen molar-refractivity contribution in [1.29, 1.82) is 0 Å². The van der Waals surface area contributed by atoms with Gasteiger partial charge in [0.1, 0.15) is 5.82 Å². The number of rotatable bonds is 2. The fraction of sp³-hybridized carbons (Fsp3) is 0.0833. The van der Waals surface area contributed by atoms with E-state index in [1.54, 1.807) is 24.4 Å². The van der Waals surface area contributed by atoms with Crippen molar-refractivity contribution < 1.29 is 4.39 Å². The van der Waals surface area contributed by atoms with Crippen LogP contribution >= 0.6 is 15.9 Å². The quantitative estimate of drug-likeness (QED) is 0.890. The molecule has 0 aliphatic heterocycles. The Balaban J connectivity index is 2.34. The second-order valence-electron chi connectivity index (χ2n) is 3.70. The van der Waals surface area contributed by atoms with E-state index in [0.29, 0.717) is 17.2 Å². The van der Waals surface area contributed by atoms with Crippen molar-refractivity contribution in [3.63, 3.8) is 0 Å². The number of benzene rings is 1. The van der Waals surface area contributed by atoms with Gasteiger partial charge in [-0.1, -0.05) is 6.07 Å².